The summed E-state index contributed by atoms with van der Waals surface area (Å²) in [7, 11) is 3.87. The summed E-state index contributed by atoms with van der Waals surface area (Å²) in [6, 6.07) is 12.7. The van der Waals surface area contributed by atoms with Crippen molar-refractivity contribution in [3.8, 4) is 0 Å². The van der Waals surface area contributed by atoms with Crippen LogP contribution < -0.4 is 10.2 Å². The van der Waals surface area contributed by atoms with Gasteiger partial charge in [0.15, 0.2) is 0 Å². The van der Waals surface area contributed by atoms with Crippen LogP contribution in [-0.2, 0) is 0 Å². The van der Waals surface area contributed by atoms with Gasteiger partial charge in [0.2, 0.25) is 0 Å². The van der Waals surface area contributed by atoms with E-state index in [0.29, 0.717) is 15.1 Å². The molecule has 0 aromatic heterocycles. The van der Waals surface area contributed by atoms with Gasteiger partial charge in [-0.1, -0.05) is 23.7 Å². The molecule has 0 radical (unpaired) electrons. The molecule has 2 rings (SSSR count). The molecule has 0 bridgehead atoms. The molecule has 0 heterocycles. The Morgan fingerprint density at radius 2 is 1.90 bits per heavy atom. The smallest absolute Gasteiger partial charge is 0.255 e. The number of benzene rings is 2. The maximum Gasteiger partial charge on any atom is 0.255 e. The Balaban J connectivity index is 2.26. The first-order valence-electron chi connectivity index (χ1n) is 6.02. The van der Waals surface area contributed by atoms with Crippen LogP contribution in [0.4, 0.5) is 11.4 Å². The van der Waals surface area contributed by atoms with Gasteiger partial charge in [0.1, 0.15) is 0 Å². The van der Waals surface area contributed by atoms with Crippen molar-refractivity contribution in [2.24, 2.45) is 0 Å². The second-order valence-corrected chi connectivity index (χ2v) is 5.76. The van der Waals surface area contributed by atoms with E-state index in [1.54, 1.807) is 18.2 Å². The Hall–Kier alpha value is -1.52. The molecule has 0 spiro atoms. The lowest BCUT2D eigenvalue weighted by molar-refractivity contribution is 0.102. The van der Waals surface area contributed by atoms with Gasteiger partial charge in [-0.05, 0) is 46.3 Å². The largest absolute Gasteiger partial charge is 0.376 e. The molecule has 5 heteroatoms. The molecule has 0 saturated heterocycles. The van der Waals surface area contributed by atoms with Gasteiger partial charge >= 0.3 is 0 Å². The monoisotopic (exact) mass is 352 g/mol. The highest BCUT2D eigenvalue weighted by Crippen LogP contribution is 2.26. The summed E-state index contributed by atoms with van der Waals surface area (Å²) >= 11 is 9.24. The second kappa shape index (κ2) is 6.29. The minimum absolute atomic E-state index is 0.170. The van der Waals surface area contributed by atoms with Gasteiger partial charge in [0.05, 0.1) is 16.4 Å². The summed E-state index contributed by atoms with van der Waals surface area (Å²) in [6.07, 6.45) is 0. The number of hydrogen-bond acceptors (Lipinski definition) is 2. The van der Waals surface area contributed by atoms with Gasteiger partial charge in [-0.25, -0.2) is 0 Å². The molecule has 2 aromatic carbocycles. The van der Waals surface area contributed by atoms with E-state index >= 15 is 0 Å². The standard InChI is InChI=1S/C15H14BrClN2O/c1-19(2)14-6-4-3-5-13(14)18-15(20)10-7-8-12(17)11(16)9-10/h3-9H,1-2H3,(H,18,20). The van der Waals surface area contributed by atoms with E-state index in [0.717, 1.165) is 11.4 Å². The van der Waals surface area contributed by atoms with Crippen LogP contribution in [-0.4, -0.2) is 20.0 Å². The number of anilines is 2. The van der Waals surface area contributed by atoms with Crippen LogP contribution >= 0.6 is 27.5 Å². The quantitative estimate of drug-likeness (QED) is 0.886. The van der Waals surface area contributed by atoms with Gasteiger partial charge < -0.3 is 10.2 Å². The average molecular weight is 354 g/mol. The van der Waals surface area contributed by atoms with E-state index in [2.05, 4.69) is 21.2 Å². The van der Waals surface area contributed by atoms with Crippen molar-refractivity contribution < 1.29 is 4.79 Å². The predicted molar refractivity (Wildman–Crippen MR) is 87.9 cm³/mol. The van der Waals surface area contributed by atoms with Crippen molar-refractivity contribution in [3.05, 3.63) is 57.5 Å². The molecule has 0 atom stereocenters. The Labute approximate surface area is 131 Å². The van der Waals surface area contributed by atoms with E-state index in [-0.39, 0.29) is 5.91 Å². The van der Waals surface area contributed by atoms with E-state index in [9.17, 15) is 4.79 Å². The fourth-order valence-electron chi connectivity index (χ4n) is 1.80. The first-order chi connectivity index (χ1) is 9.49. The Bertz CT molecular complexity index is 644. The van der Waals surface area contributed by atoms with E-state index in [4.69, 9.17) is 11.6 Å². The summed E-state index contributed by atoms with van der Waals surface area (Å²) in [4.78, 5) is 14.2. The maximum absolute atomic E-state index is 12.3. The van der Waals surface area contributed by atoms with Crippen LogP contribution in [0.5, 0.6) is 0 Å². The van der Waals surface area contributed by atoms with E-state index in [1.165, 1.54) is 0 Å². The minimum atomic E-state index is -0.170. The van der Waals surface area contributed by atoms with Gasteiger partial charge in [-0.2, -0.15) is 0 Å². The molecule has 104 valence electrons. The molecule has 1 N–H and O–H groups in total. The first kappa shape index (κ1) is 14.9. The van der Waals surface area contributed by atoms with Crippen molar-refractivity contribution in [2.45, 2.75) is 0 Å². The van der Waals surface area contributed by atoms with E-state index in [1.807, 2.05) is 43.3 Å². The third-order valence-electron chi connectivity index (χ3n) is 2.82. The summed E-state index contributed by atoms with van der Waals surface area (Å²) in [5.74, 6) is -0.170. The topological polar surface area (TPSA) is 32.3 Å². The van der Waals surface area contributed by atoms with Gasteiger partial charge in [-0.3, -0.25) is 4.79 Å². The molecule has 0 unspecified atom stereocenters. The zero-order valence-electron chi connectivity index (χ0n) is 11.2. The second-order valence-electron chi connectivity index (χ2n) is 4.49. The molecular formula is C15H14BrClN2O. The molecule has 0 saturated carbocycles. The minimum Gasteiger partial charge on any atom is -0.376 e. The number of amides is 1. The van der Waals surface area contributed by atoms with Crippen molar-refractivity contribution in [1.82, 2.24) is 0 Å². The van der Waals surface area contributed by atoms with Gasteiger partial charge in [0.25, 0.3) is 5.91 Å². The molecule has 3 nitrogen and oxygen atoms in total. The van der Waals surface area contributed by atoms with Crippen LogP contribution in [0.1, 0.15) is 10.4 Å². The molecule has 20 heavy (non-hydrogen) atoms. The lowest BCUT2D eigenvalue weighted by Crippen LogP contribution is -2.16. The molecule has 1 amide bonds. The molecule has 2 aromatic rings. The fraction of sp³-hybridized carbons (Fsp3) is 0.133. The molecule has 0 aliphatic carbocycles. The zero-order chi connectivity index (χ0) is 14.7. The SMILES string of the molecule is CN(C)c1ccccc1NC(=O)c1ccc(Cl)c(Br)c1. The van der Waals surface area contributed by atoms with Crippen LogP contribution in [0, 0.1) is 0 Å². The van der Waals surface area contributed by atoms with Crippen LogP contribution in [0.3, 0.4) is 0 Å². The number of rotatable bonds is 3. The molecular weight excluding hydrogens is 340 g/mol. The molecule has 0 fully saturated rings. The van der Waals surface area contributed by atoms with Crippen molar-refractivity contribution in [2.75, 3.05) is 24.3 Å². The lowest BCUT2D eigenvalue weighted by atomic mass is 10.2. The zero-order valence-corrected chi connectivity index (χ0v) is 13.5. The van der Waals surface area contributed by atoms with Crippen molar-refractivity contribution >= 4 is 44.8 Å². The highest BCUT2D eigenvalue weighted by Gasteiger charge is 2.11. The average Bonchev–Trinajstić information content (AvgIpc) is 2.42. The third-order valence-corrected chi connectivity index (χ3v) is 4.03. The third kappa shape index (κ3) is 3.32. The lowest BCUT2D eigenvalue weighted by Gasteiger charge is -2.17. The summed E-state index contributed by atoms with van der Waals surface area (Å²) in [5, 5.41) is 3.49. The number of nitrogens with one attached hydrogen (secondary N) is 1. The molecule has 0 aliphatic rings. The fourth-order valence-corrected chi connectivity index (χ4v) is 2.30. The Kier molecular flexibility index (Phi) is 4.68. The van der Waals surface area contributed by atoms with Crippen LogP contribution in [0.15, 0.2) is 46.9 Å². The first-order valence-corrected chi connectivity index (χ1v) is 7.19. The maximum atomic E-state index is 12.3. The van der Waals surface area contributed by atoms with Crippen LogP contribution in [0.2, 0.25) is 5.02 Å². The molecule has 0 aliphatic heterocycles. The summed E-state index contributed by atoms with van der Waals surface area (Å²) in [6.45, 7) is 0. The van der Waals surface area contributed by atoms with Crippen LogP contribution in [0.25, 0.3) is 0 Å². The summed E-state index contributed by atoms with van der Waals surface area (Å²) in [5.41, 5.74) is 2.28. The Morgan fingerprint density at radius 1 is 1.20 bits per heavy atom. The highest BCUT2D eigenvalue weighted by molar-refractivity contribution is 9.10. The number of hydrogen-bond donors (Lipinski definition) is 1. The number of nitrogens with zero attached hydrogens (tertiary/aromatic N) is 1. The summed E-state index contributed by atoms with van der Waals surface area (Å²) < 4.78 is 0.702. The normalized spacial score (nSPS) is 10.2. The van der Waals surface area contributed by atoms with Gasteiger partial charge in [-0.15, -0.1) is 0 Å². The number of halogens is 2. The highest BCUT2D eigenvalue weighted by atomic mass is 79.9. The number of para-hydroxylation sites is 2. The van der Waals surface area contributed by atoms with Gasteiger partial charge in [0, 0.05) is 24.1 Å². The van der Waals surface area contributed by atoms with E-state index < -0.39 is 0 Å². The number of carbonyl (C=O) groups excluding carboxylic acids is 1. The number of carbonyl (C=O) groups is 1. The predicted octanol–water partition coefficient (Wildman–Crippen LogP) is 4.42. The van der Waals surface area contributed by atoms with Crippen molar-refractivity contribution in [1.29, 1.82) is 0 Å². The Morgan fingerprint density at radius 3 is 2.55 bits per heavy atom. The van der Waals surface area contributed by atoms with Crippen molar-refractivity contribution in [3.63, 3.8) is 0 Å².